The van der Waals surface area contributed by atoms with Crippen LogP contribution in [0.15, 0.2) is 47.0 Å². The zero-order chi connectivity index (χ0) is 23.5. The summed E-state index contributed by atoms with van der Waals surface area (Å²) in [6.07, 6.45) is 0. The van der Waals surface area contributed by atoms with Crippen LogP contribution >= 0.6 is 11.6 Å². The number of aromatic nitrogens is 1. The van der Waals surface area contributed by atoms with Crippen LogP contribution in [0.25, 0.3) is 0 Å². The summed E-state index contributed by atoms with van der Waals surface area (Å²) < 4.78 is 25.2. The van der Waals surface area contributed by atoms with Crippen molar-refractivity contribution in [3.05, 3.63) is 81.4 Å². The topological polar surface area (TPSA) is 75.9 Å². The smallest absolute Gasteiger partial charge is 0.257 e. The van der Waals surface area contributed by atoms with Crippen LogP contribution < -0.4 is 4.74 Å². The average Bonchev–Trinajstić information content (AvgIpc) is 3.15. The third kappa shape index (κ3) is 4.85. The third-order valence-electron chi connectivity index (χ3n) is 5.68. The fourth-order valence-corrected chi connectivity index (χ4v) is 3.91. The molecule has 0 atom stereocenters. The lowest BCUT2D eigenvalue weighted by Crippen LogP contribution is -2.50. The van der Waals surface area contributed by atoms with Crippen molar-refractivity contribution in [1.29, 1.82) is 0 Å². The van der Waals surface area contributed by atoms with Gasteiger partial charge in [-0.05, 0) is 44.2 Å². The summed E-state index contributed by atoms with van der Waals surface area (Å²) in [6, 6.07) is 10.9. The fourth-order valence-electron chi connectivity index (χ4n) is 3.74. The van der Waals surface area contributed by atoms with Crippen LogP contribution in [0.4, 0.5) is 4.39 Å². The van der Waals surface area contributed by atoms with E-state index in [0.29, 0.717) is 48.3 Å². The van der Waals surface area contributed by atoms with E-state index in [-0.39, 0.29) is 18.1 Å². The Hall–Kier alpha value is -3.39. The Labute approximate surface area is 195 Å². The van der Waals surface area contributed by atoms with E-state index < -0.39 is 11.7 Å². The molecule has 1 aliphatic rings. The highest BCUT2D eigenvalue weighted by Crippen LogP contribution is 2.24. The van der Waals surface area contributed by atoms with Gasteiger partial charge < -0.3 is 19.1 Å². The van der Waals surface area contributed by atoms with E-state index in [1.54, 1.807) is 29.2 Å². The Morgan fingerprint density at radius 1 is 1.03 bits per heavy atom. The van der Waals surface area contributed by atoms with Crippen LogP contribution in [0.5, 0.6) is 5.75 Å². The number of piperazine rings is 1. The molecule has 2 heterocycles. The van der Waals surface area contributed by atoms with E-state index in [1.165, 1.54) is 23.1 Å². The van der Waals surface area contributed by atoms with Crippen molar-refractivity contribution in [2.75, 3.05) is 26.2 Å². The molecule has 172 valence electrons. The summed E-state index contributed by atoms with van der Waals surface area (Å²) in [6.45, 7) is 5.11. The summed E-state index contributed by atoms with van der Waals surface area (Å²) in [4.78, 5) is 29.1. The maximum Gasteiger partial charge on any atom is 0.257 e. The summed E-state index contributed by atoms with van der Waals surface area (Å²) in [7, 11) is 0. The second-order valence-corrected chi connectivity index (χ2v) is 8.23. The molecule has 0 N–H and O–H groups in total. The number of para-hydroxylation sites is 1. The second-order valence-electron chi connectivity index (χ2n) is 7.80. The molecule has 3 aromatic rings. The van der Waals surface area contributed by atoms with Crippen molar-refractivity contribution >= 4 is 23.4 Å². The molecule has 7 nitrogen and oxygen atoms in total. The first-order valence-electron chi connectivity index (χ1n) is 10.5. The van der Waals surface area contributed by atoms with E-state index in [1.807, 2.05) is 13.8 Å². The highest BCUT2D eigenvalue weighted by atomic mass is 35.5. The van der Waals surface area contributed by atoms with E-state index in [4.69, 9.17) is 20.9 Å². The number of aryl methyl sites for hydroxylation is 2. The lowest BCUT2D eigenvalue weighted by molar-refractivity contribution is 0.0530. The number of carbonyl (C=O) groups excluding carboxylic acids is 2. The van der Waals surface area contributed by atoms with Crippen LogP contribution in [0, 0.1) is 19.7 Å². The van der Waals surface area contributed by atoms with Gasteiger partial charge in [0.15, 0.2) is 0 Å². The maximum atomic E-state index is 14.1. The monoisotopic (exact) mass is 471 g/mol. The number of rotatable bonds is 5. The molecule has 9 heteroatoms. The largest absolute Gasteiger partial charge is 0.488 e. The van der Waals surface area contributed by atoms with Crippen LogP contribution in [-0.2, 0) is 6.61 Å². The van der Waals surface area contributed by atoms with Gasteiger partial charge in [0, 0.05) is 31.2 Å². The number of halogens is 2. The normalized spacial score (nSPS) is 13.8. The molecule has 2 aromatic carbocycles. The lowest BCUT2D eigenvalue weighted by atomic mass is 10.1. The molecule has 1 saturated heterocycles. The van der Waals surface area contributed by atoms with E-state index in [2.05, 4.69) is 5.16 Å². The van der Waals surface area contributed by atoms with Crippen molar-refractivity contribution in [1.82, 2.24) is 15.0 Å². The van der Waals surface area contributed by atoms with Gasteiger partial charge in [-0.1, -0.05) is 28.9 Å². The zero-order valence-electron chi connectivity index (χ0n) is 18.3. The number of carbonyl (C=O) groups is 2. The Morgan fingerprint density at radius 2 is 1.67 bits per heavy atom. The molecule has 1 aromatic heterocycles. The van der Waals surface area contributed by atoms with Crippen LogP contribution in [0.1, 0.15) is 37.7 Å². The van der Waals surface area contributed by atoms with Crippen LogP contribution in [-0.4, -0.2) is 52.9 Å². The third-order valence-corrected chi connectivity index (χ3v) is 5.92. The molecular formula is C24H23ClFN3O4. The summed E-state index contributed by atoms with van der Waals surface area (Å²) >= 11 is 5.91. The SMILES string of the molecule is Cc1noc(C)c1COc1ccccc1C(=O)N1CCN(C(=O)c2cc(Cl)ccc2F)CC1. The van der Waals surface area contributed by atoms with Crippen molar-refractivity contribution in [3.8, 4) is 5.75 Å². The maximum absolute atomic E-state index is 14.1. The molecule has 4 rings (SSSR count). The Morgan fingerprint density at radius 3 is 2.30 bits per heavy atom. The van der Waals surface area contributed by atoms with Gasteiger partial charge in [0.05, 0.1) is 22.4 Å². The first-order valence-corrected chi connectivity index (χ1v) is 10.9. The molecule has 0 spiro atoms. The number of hydrogen-bond acceptors (Lipinski definition) is 5. The Kier molecular flexibility index (Phi) is 6.65. The van der Waals surface area contributed by atoms with Gasteiger partial charge in [-0.25, -0.2) is 4.39 Å². The molecule has 0 unspecified atom stereocenters. The molecule has 2 amide bonds. The highest BCUT2D eigenvalue weighted by molar-refractivity contribution is 6.31. The van der Waals surface area contributed by atoms with Crippen molar-refractivity contribution in [2.24, 2.45) is 0 Å². The predicted molar refractivity (Wildman–Crippen MR) is 120 cm³/mol. The molecule has 0 radical (unpaired) electrons. The standard InChI is InChI=1S/C24H23ClFN3O4/c1-15-20(16(2)33-27-15)14-32-22-6-4-3-5-18(22)23(30)28-9-11-29(12-10-28)24(31)19-13-17(25)7-8-21(19)26/h3-8,13H,9-12,14H2,1-2H3. The second kappa shape index (κ2) is 9.62. The number of ether oxygens (including phenoxy) is 1. The summed E-state index contributed by atoms with van der Waals surface area (Å²) in [5.41, 5.74) is 1.95. The fraction of sp³-hybridized carbons (Fsp3) is 0.292. The molecule has 1 aliphatic heterocycles. The van der Waals surface area contributed by atoms with Crippen LogP contribution in [0.3, 0.4) is 0 Å². The minimum absolute atomic E-state index is 0.0691. The first kappa shape index (κ1) is 22.8. The van der Waals surface area contributed by atoms with Crippen molar-refractivity contribution < 1.29 is 23.2 Å². The van der Waals surface area contributed by atoms with Gasteiger partial charge >= 0.3 is 0 Å². The Balaban J connectivity index is 1.42. The number of hydrogen-bond donors (Lipinski definition) is 0. The van der Waals surface area contributed by atoms with Gasteiger partial charge in [0.1, 0.15) is 23.9 Å². The molecule has 0 aliphatic carbocycles. The van der Waals surface area contributed by atoms with E-state index in [0.717, 1.165) is 11.3 Å². The quantitative estimate of drug-likeness (QED) is 0.555. The molecule has 1 fully saturated rings. The van der Waals surface area contributed by atoms with Gasteiger partial charge in [-0.2, -0.15) is 0 Å². The van der Waals surface area contributed by atoms with Gasteiger partial charge in [0.25, 0.3) is 11.8 Å². The highest BCUT2D eigenvalue weighted by Gasteiger charge is 2.28. The molecule has 0 saturated carbocycles. The average molecular weight is 472 g/mol. The van der Waals surface area contributed by atoms with Crippen molar-refractivity contribution in [2.45, 2.75) is 20.5 Å². The zero-order valence-corrected chi connectivity index (χ0v) is 19.1. The van der Waals surface area contributed by atoms with Gasteiger partial charge in [-0.3, -0.25) is 9.59 Å². The number of amides is 2. The first-order chi connectivity index (χ1) is 15.8. The Bertz CT molecular complexity index is 1170. The molecular weight excluding hydrogens is 449 g/mol. The predicted octanol–water partition coefficient (Wildman–Crippen LogP) is 4.26. The van der Waals surface area contributed by atoms with Gasteiger partial charge in [0.2, 0.25) is 0 Å². The molecule has 33 heavy (non-hydrogen) atoms. The van der Waals surface area contributed by atoms with Crippen LogP contribution in [0.2, 0.25) is 5.02 Å². The van der Waals surface area contributed by atoms with Gasteiger partial charge in [-0.15, -0.1) is 0 Å². The summed E-state index contributed by atoms with van der Waals surface area (Å²) in [5, 5.41) is 4.21. The lowest BCUT2D eigenvalue weighted by Gasteiger charge is -2.35. The number of nitrogens with zero attached hydrogens (tertiary/aromatic N) is 3. The minimum atomic E-state index is -0.618. The van der Waals surface area contributed by atoms with E-state index in [9.17, 15) is 14.0 Å². The van der Waals surface area contributed by atoms with E-state index >= 15 is 0 Å². The van der Waals surface area contributed by atoms with Crippen molar-refractivity contribution in [3.63, 3.8) is 0 Å². The molecule has 0 bridgehead atoms. The summed E-state index contributed by atoms with van der Waals surface area (Å²) in [5.74, 6) is -0.113. The number of benzene rings is 2. The minimum Gasteiger partial charge on any atom is -0.488 e.